The van der Waals surface area contributed by atoms with Gasteiger partial charge in [-0.25, -0.2) is 0 Å². The van der Waals surface area contributed by atoms with Crippen molar-refractivity contribution in [3.63, 3.8) is 0 Å². The van der Waals surface area contributed by atoms with E-state index in [2.05, 4.69) is 179 Å². The Hall–Kier alpha value is -6.56. The van der Waals surface area contributed by atoms with Crippen LogP contribution in [0.5, 0.6) is 0 Å². The molecule has 0 aliphatic heterocycles. The average Bonchev–Trinajstić information content (AvgIpc) is 3.71. The molecule has 0 saturated heterocycles. The van der Waals surface area contributed by atoms with Gasteiger partial charge in [0.25, 0.3) is 0 Å². The maximum Gasteiger partial charge on any atom is 0.0541 e. The Balaban J connectivity index is 1.10. The monoisotopic (exact) mass is 636 g/mol. The molecule has 7 aromatic carbocycles. The zero-order valence-electron chi connectivity index (χ0n) is 27.5. The first-order valence-corrected chi connectivity index (χ1v) is 17.3. The topological polar surface area (TPSA) is 9.86 Å². The first-order valence-electron chi connectivity index (χ1n) is 17.3. The van der Waals surface area contributed by atoms with Crippen molar-refractivity contribution >= 4 is 49.2 Å². The maximum atomic E-state index is 3.10. The minimum atomic E-state index is 1.10. The number of para-hydroxylation sites is 2. The Kier molecular flexibility index (Phi) is 6.57. The summed E-state index contributed by atoms with van der Waals surface area (Å²) in [7, 11) is 0. The van der Waals surface area contributed by atoms with E-state index in [-0.39, 0.29) is 0 Å². The molecule has 10 rings (SSSR count). The molecule has 0 amide bonds. The SMILES string of the molecule is c1ccc(-c2cccc(-n3c4ccccc4c4cc(-c5ccc6c(c5)c5ccccc5n6-c5ccc(C6=CC=CCC6)cc5)ccc43)c2)cc#1. The minimum Gasteiger partial charge on any atom is -0.309 e. The van der Waals surface area contributed by atoms with Crippen LogP contribution >= 0.6 is 0 Å². The average molecular weight is 637 g/mol. The van der Waals surface area contributed by atoms with Gasteiger partial charge in [0.1, 0.15) is 0 Å². The van der Waals surface area contributed by atoms with Crippen LogP contribution in [0.3, 0.4) is 0 Å². The standard InChI is InChI=1S/C48H32N2/c1-3-12-33(13-4-1)35-22-26-39(27-23-35)49-45-20-9-7-18-41(45)43-31-37(24-28-47(43)49)38-25-29-48-44(32-38)42-19-8-10-21-46(42)50(48)40-17-11-16-36(30-40)34-14-5-2-6-15-34/h1,3,5,7-12,14-32H,4,13H2. The zero-order chi connectivity index (χ0) is 33.0. The first-order chi connectivity index (χ1) is 24.8. The van der Waals surface area contributed by atoms with E-state index in [1.165, 1.54) is 71.6 Å². The second-order valence-electron chi connectivity index (χ2n) is 13.1. The smallest absolute Gasteiger partial charge is 0.0541 e. The number of rotatable bonds is 5. The highest BCUT2D eigenvalue weighted by Gasteiger charge is 2.16. The lowest BCUT2D eigenvalue weighted by atomic mass is 9.97. The molecular weight excluding hydrogens is 605 g/mol. The van der Waals surface area contributed by atoms with Gasteiger partial charge in [0, 0.05) is 32.9 Å². The van der Waals surface area contributed by atoms with Crippen LogP contribution in [-0.2, 0) is 0 Å². The summed E-state index contributed by atoms with van der Waals surface area (Å²) in [5, 5.41) is 5.02. The fourth-order valence-corrected chi connectivity index (χ4v) is 7.88. The molecule has 9 aromatic rings. The highest BCUT2D eigenvalue weighted by molar-refractivity contribution is 6.12. The molecule has 2 heterocycles. The van der Waals surface area contributed by atoms with E-state index in [0.717, 1.165) is 29.7 Å². The number of allylic oxidation sites excluding steroid dienone is 4. The molecule has 1 aliphatic carbocycles. The second kappa shape index (κ2) is 11.5. The third-order valence-corrected chi connectivity index (χ3v) is 10.3. The number of hydrogen-bond acceptors (Lipinski definition) is 0. The van der Waals surface area contributed by atoms with Gasteiger partial charge in [-0.2, -0.15) is 0 Å². The normalized spacial score (nSPS) is 12.9. The summed E-state index contributed by atoms with van der Waals surface area (Å²) < 4.78 is 4.80. The number of nitrogens with zero attached hydrogens (tertiary/aromatic N) is 2. The van der Waals surface area contributed by atoms with Gasteiger partial charge < -0.3 is 9.13 Å². The van der Waals surface area contributed by atoms with Crippen molar-refractivity contribution < 1.29 is 0 Å². The fourth-order valence-electron chi connectivity index (χ4n) is 7.88. The summed E-state index contributed by atoms with van der Waals surface area (Å²) in [4.78, 5) is 0. The van der Waals surface area contributed by atoms with Crippen molar-refractivity contribution in [1.29, 1.82) is 0 Å². The van der Waals surface area contributed by atoms with Gasteiger partial charge in [-0.3, -0.25) is 0 Å². The molecule has 2 nitrogen and oxygen atoms in total. The number of benzene rings is 6. The van der Waals surface area contributed by atoms with Crippen LogP contribution in [0.2, 0.25) is 0 Å². The lowest BCUT2D eigenvalue weighted by Crippen LogP contribution is -1.95. The molecule has 2 heteroatoms. The van der Waals surface area contributed by atoms with Crippen LogP contribution in [0.25, 0.3) is 82.8 Å². The van der Waals surface area contributed by atoms with Gasteiger partial charge in [-0.1, -0.05) is 103 Å². The Morgan fingerprint density at radius 1 is 0.440 bits per heavy atom. The zero-order valence-corrected chi connectivity index (χ0v) is 27.5. The van der Waals surface area contributed by atoms with Gasteiger partial charge in [-0.05, 0) is 125 Å². The predicted molar refractivity (Wildman–Crippen MR) is 210 cm³/mol. The van der Waals surface area contributed by atoms with Crippen LogP contribution in [0, 0.1) is 12.1 Å². The fraction of sp³-hybridized carbons (Fsp3) is 0.0417. The summed E-state index contributed by atoms with van der Waals surface area (Å²) >= 11 is 0. The van der Waals surface area contributed by atoms with E-state index in [1.807, 2.05) is 12.1 Å². The predicted octanol–water partition coefficient (Wildman–Crippen LogP) is 12.5. The van der Waals surface area contributed by atoms with E-state index < -0.39 is 0 Å². The Labute approximate surface area is 291 Å². The molecule has 0 bridgehead atoms. The molecule has 0 radical (unpaired) electrons. The lowest BCUT2D eigenvalue weighted by Gasteiger charge is -2.12. The summed E-state index contributed by atoms with van der Waals surface area (Å²) in [6.45, 7) is 0. The number of hydrogen-bond donors (Lipinski definition) is 0. The highest BCUT2D eigenvalue weighted by atomic mass is 15.0. The van der Waals surface area contributed by atoms with Gasteiger partial charge in [0.15, 0.2) is 0 Å². The molecule has 1 aliphatic rings. The second-order valence-corrected chi connectivity index (χ2v) is 13.1. The summed E-state index contributed by atoms with van der Waals surface area (Å²) in [6, 6.07) is 61.4. The van der Waals surface area contributed by atoms with Crippen molar-refractivity contribution in [1.82, 2.24) is 9.13 Å². The third kappa shape index (κ3) is 4.60. The van der Waals surface area contributed by atoms with Crippen LogP contribution in [0.15, 0.2) is 170 Å². The highest BCUT2D eigenvalue weighted by Crippen LogP contribution is 2.39. The summed E-state index contributed by atoms with van der Waals surface area (Å²) in [5.41, 5.74) is 14.6. The first kappa shape index (κ1) is 28.5. The molecule has 0 fully saturated rings. The molecule has 2 aromatic heterocycles. The molecular formula is C48H32N2. The largest absolute Gasteiger partial charge is 0.309 e. The van der Waals surface area contributed by atoms with Gasteiger partial charge in [0.2, 0.25) is 0 Å². The van der Waals surface area contributed by atoms with Crippen molar-refractivity contribution in [2.45, 2.75) is 12.8 Å². The van der Waals surface area contributed by atoms with E-state index in [1.54, 1.807) is 0 Å². The van der Waals surface area contributed by atoms with Crippen LogP contribution in [-0.4, -0.2) is 9.13 Å². The number of fused-ring (bicyclic) bond motifs is 6. The molecule has 234 valence electrons. The van der Waals surface area contributed by atoms with Crippen molar-refractivity contribution in [3.05, 3.63) is 188 Å². The van der Waals surface area contributed by atoms with E-state index in [9.17, 15) is 0 Å². The Morgan fingerprint density at radius 3 is 1.70 bits per heavy atom. The quantitative estimate of drug-likeness (QED) is 0.178. The van der Waals surface area contributed by atoms with E-state index in [0.29, 0.717) is 0 Å². The molecule has 0 N–H and O–H groups in total. The van der Waals surface area contributed by atoms with Gasteiger partial charge in [-0.15, -0.1) is 0 Å². The Morgan fingerprint density at radius 2 is 1.06 bits per heavy atom. The van der Waals surface area contributed by atoms with Gasteiger partial charge in [0.05, 0.1) is 22.1 Å². The molecule has 50 heavy (non-hydrogen) atoms. The third-order valence-electron chi connectivity index (χ3n) is 10.3. The molecule has 0 unspecified atom stereocenters. The van der Waals surface area contributed by atoms with Crippen molar-refractivity contribution in [2.75, 3.05) is 0 Å². The number of aromatic nitrogens is 2. The van der Waals surface area contributed by atoms with Crippen LogP contribution in [0.4, 0.5) is 0 Å². The lowest BCUT2D eigenvalue weighted by molar-refractivity contribution is 1.05. The van der Waals surface area contributed by atoms with Gasteiger partial charge >= 0.3 is 0 Å². The molecule has 0 spiro atoms. The van der Waals surface area contributed by atoms with Crippen LogP contribution < -0.4 is 0 Å². The van der Waals surface area contributed by atoms with Crippen LogP contribution in [0.1, 0.15) is 18.4 Å². The van der Waals surface area contributed by atoms with E-state index in [4.69, 9.17) is 0 Å². The Bertz CT molecular complexity index is 2790. The minimum absolute atomic E-state index is 1.10. The molecule has 0 saturated carbocycles. The maximum absolute atomic E-state index is 3.10. The molecule has 0 atom stereocenters. The van der Waals surface area contributed by atoms with Crippen molar-refractivity contribution in [2.24, 2.45) is 0 Å². The van der Waals surface area contributed by atoms with Crippen molar-refractivity contribution in [3.8, 4) is 33.6 Å². The summed E-state index contributed by atoms with van der Waals surface area (Å²) in [5.74, 6) is 0. The summed E-state index contributed by atoms with van der Waals surface area (Å²) in [6.07, 6.45) is 8.87. The van der Waals surface area contributed by atoms with E-state index >= 15 is 0 Å².